The normalized spacial score (nSPS) is 12.4. The summed E-state index contributed by atoms with van der Waals surface area (Å²) in [7, 11) is 0. The van der Waals surface area contributed by atoms with Gasteiger partial charge in [-0.05, 0) is 31.5 Å². The number of aromatic nitrogens is 1. The number of aliphatic hydroxyl groups excluding tert-OH is 1. The van der Waals surface area contributed by atoms with Crippen molar-refractivity contribution in [3.05, 3.63) is 29.6 Å². The number of hydrogen-bond acceptors (Lipinski definition) is 5. The molecule has 0 bridgehead atoms. The van der Waals surface area contributed by atoms with Gasteiger partial charge in [-0.25, -0.2) is 0 Å². The summed E-state index contributed by atoms with van der Waals surface area (Å²) < 4.78 is 0. The molecule has 1 heterocycles. The van der Waals surface area contributed by atoms with Gasteiger partial charge >= 0.3 is 0 Å². The van der Waals surface area contributed by atoms with E-state index in [1.54, 1.807) is 12.3 Å². The largest absolute Gasteiger partial charge is 0.409 e. The molecule has 0 saturated heterocycles. The molecule has 6 nitrogen and oxygen atoms in total. The first-order valence-corrected chi connectivity index (χ1v) is 5.86. The van der Waals surface area contributed by atoms with Crippen molar-refractivity contribution in [2.75, 3.05) is 13.2 Å². The minimum absolute atomic E-state index is 0.00453. The maximum atomic E-state index is 9.02. The lowest BCUT2D eigenvalue weighted by Gasteiger charge is -2.25. The Hall–Kier alpha value is -1.66. The maximum absolute atomic E-state index is 9.02. The number of hydrogen-bond donors (Lipinski definition) is 3. The lowest BCUT2D eigenvalue weighted by Crippen LogP contribution is -2.33. The third kappa shape index (κ3) is 3.97. The summed E-state index contributed by atoms with van der Waals surface area (Å²) in [6, 6.07) is 3.99. The molecule has 1 aromatic heterocycles. The van der Waals surface area contributed by atoms with Crippen LogP contribution in [0, 0.1) is 0 Å². The summed E-state index contributed by atoms with van der Waals surface area (Å²) in [5.74, 6) is -0.00453. The van der Waals surface area contributed by atoms with Gasteiger partial charge in [-0.2, -0.15) is 0 Å². The van der Waals surface area contributed by atoms with Crippen molar-refractivity contribution in [2.24, 2.45) is 10.9 Å². The van der Waals surface area contributed by atoms with Crippen LogP contribution in [-0.2, 0) is 6.54 Å². The molecular weight excluding hydrogens is 232 g/mol. The van der Waals surface area contributed by atoms with E-state index < -0.39 is 0 Å². The second kappa shape index (κ2) is 6.93. The molecule has 0 aliphatic heterocycles. The van der Waals surface area contributed by atoms with Crippen LogP contribution >= 0.6 is 0 Å². The summed E-state index contributed by atoms with van der Waals surface area (Å²) in [5.41, 5.74) is 6.95. The smallest absolute Gasteiger partial charge is 0.188 e. The van der Waals surface area contributed by atoms with Gasteiger partial charge in [-0.1, -0.05) is 5.16 Å². The van der Waals surface area contributed by atoms with Crippen molar-refractivity contribution < 1.29 is 10.3 Å². The molecule has 18 heavy (non-hydrogen) atoms. The van der Waals surface area contributed by atoms with E-state index in [0.29, 0.717) is 24.8 Å². The quantitative estimate of drug-likeness (QED) is 0.294. The van der Waals surface area contributed by atoms with E-state index in [1.165, 1.54) is 0 Å². The molecule has 0 spiro atoms. The summed E-state index contributed by atoms with van der Waals surface area (Å²) >= 11 is 0. The van der Waals surface area contributed by atoms with Gasteiger partial charge in [0.05, 0.1) is 6.61 Å². The highest BCUT2D eigenvalue weighted by atomic mass is 16.4. The zero-order valence-electron chi connectivity index (χ0n) is 10.7. The number of oxime groups is 1. The molecule has 0 amide bonds. The van der Waals surface area contributed by atoms with E-state index in [4.69, 9.17) is 16.0 Å². The zero-order valence-corrected chi connectivity index (χ0v) is 10.7. The first kappa shape index (κ1) is 14.4. The van der Waals surface area contributed by atoms with Crippen LogP contribution in [0.4, 0.5) is 0 Å². The summed E-state index contributed by atoms with van der Waals surface area (Å²) in [6.07, 6.45) is 1.63. The fourth-order valence-electron chi connectivity index (χ4n) is 1.65. The Kier molecular flexibility index (Phi) is 5.54. The van der Waals surface area contributed by atoms with Gasteiger partial charge in [-0.15, -0.1) is 0 Å². The fraction of sp³-hybridized carbons (Fsp3) is 0.500. The number of pyridine rings is 1. The van der Waals surface area contributed by atoms with Crippen molar-refractivity contribution >= 4 is 5.84 Å². The van der Waals surface area contributed by atoms with Crippen LogP contribution in [0.3, 0.4) is 0 Å². The lowest BCUT2D eigenvalue weighted by molar-refractivity contribution is 0.159. The number of nitrogens with two attached hydrogens (primary N) is 1. The topological polar surface area (TPSA) is 95.0 Å². The van der Waals surface area contributed by atoms with Crippen molar-refractivity contribution in [2.45, 2.75) is 26.4 Å². The lowest BCUT2D eigenvalue weighted by atomic mass is 10.2. The second-order valence-corrected chi connectivity index (χ2v) is 4.32. The van der Waals surface area contributed by atoms with E-state index in [-0.39, 0.29) is 12.4 Å². The molecule has 0 aliphatic carbocycles. The highest BCUT2D eigenvalue weighted by molar-refractivity contribution is 5.95. The third-order valence-corrected chi connectivity index (χ3v) is 2.70. The van der Waals surface area contributed by atoms with Crippen LogP contribution < -0.4 is 5.73 Å². The van der Waals surface area contributed by atoms with E-state index in [2.05, 4.69) is 28.9 Å². The molecule has 4 N–H and O–H groups in total. The third-order valence-electron chi connectivity index (χ3n) is 2.70. The predicted octanol–water partition coefficient (Wildman–Crippen LogP) is 0.379. The molecule has 6 heteroatoms. The zero-order chi connectivity index (χ0) is 13.5. The Morgan fingerprint density at radius 3 is 2.83 bits per heavy atom. The van der Waals surface area contributed by atoms with E-state index in [1.807, 2.05) is 6.07 Å². The molecule has 0 aromatic carbocycles. The Balaban J connectivity index is 2.83. The molecule has 0 atom stereocenters. The van der Waals surface area contributed by atoms with Crippen LogP contribution in [0.2, 0.25) is 0 Å². The Morgan fingerprint density at radius 2 is 2.28 bits per heavy atom. The molecule has 0 fully saturated rings. The predicted molar refractivity (Wildman–Crippen MR) is 69.4 cm³/mol. The highest BCUT2D eigenvalue weighted by Gasteiger charge is 2.10. The second-order valence-electron chi connectivity index (χ2n) is 4.32. The summed E-state index contributed by atoms with van der Waals surface area (Å²) in [6.45, 7) is 5.56. The van der Waals surface area contributed by atoms with Gasteiger partial charge in [0.15, 0.2) is 5.84 Å². The van der Waals surface area contributed by atoms with Gasteiger partial charge in [0.2, 0.25) is 0 Å². The molecular formula is C12H20N4O2. The van der Waals surface area contributed by atoms with Gasteiger partial charge in [0.25, 0.3) is 0 Å². The van der Waals surface area contributed by atoms with Crippen molar-refractivity contribution in [1.29, 1.82) is 0 Å². The number of amidine groups is 1. The SMILES string of the molecule is CC(C)N(CCO)Cc1ccnc(C(N)=NO)c1. The first-order valence-electron chi connectivity index (χ1n) is 5.86. The van der Waals surface area contributed by atoms with E-state index in [0.717, 1.165) is 5.56 Å². The Morgan fingerprint density at radius 1 is 1.56 bits per heavy atom. The van der Waals surface area contributed by atoms with Gasteiger partial charge in [-0.3, -0.25) is 9.88 Å². The number of rotatable bonds is 6. The van der Waals surface area contributed by atoms with Gasteiger partial charge in [0, 0.05) is 25.3 Å². The molecule has 0 radical (unpaired) electrons. The number of aliphatic hydroxyl groups is 1. The fourth-order valence-corrected chi connectivity index (χ4v) is 1.65. The average molecular weight is 252 g/mol. The van der Waals surface area contributed by atoms with Crippen molar-refractivity contribution in [3.63, 3.8) is 0 Å². The van der Waals surface area contributed by atoms with Crippen molar-refractivity contribution in [3.8, 4) is 0 Å². The Labute approximate surface area is 107 Å². The van der Waals surface area contributed by atoms with E-state index >= 15 is 0 Å². The van der Waals surface area contributed by atoms with Crippen LogP contribution in [0.15, 0.2) is 23.5 Å². The first-order chi connectivity index (χ1) is 8.58. The summed E-state index contributed by atoms with van der Waals surface area (Å²) in [5, 5.41) is 20.6. The highest BCUT2D eigenvalue weighted by Crippen LogP contribution is 2.08. The molecule has 0 saturated carbocycles. The van der Waals surface area contributed by atoms with Gasteiger partial charge < -0.3 is 16.0 Å². The molecule has 1 rings (SSSR count). The van der Waals surface area contributed by atoms with E-state index in [9.17, 15) is 0 Å². The maximum Gasteiger partial charge on any atom is 0.188 e. The summed E-state index contributed by atoms with van der Waals surface area (Å²) in [4.78, 5) is 6.15. The molecule has 0 aliphatic rings. The monoisotopic (exact) mass is 252 g/mol. The molecule has 0 unspecified atom stereocenters. The van der Waals surface area contributed by atoms with Crippen LogP contribution in [0.5, 0.6) is 0 Å². The Bertz CT molecular complexity index is 407. The van der Waals surface area contributed by atoms with Gasteiger partial charge in [0.1, 0.15) is 5.69 Å². The minimum Gasteiger partial charge on any atom is -0.409 e. The molecule has 1 aromatic rings. The average Bonchev–Trinajstić information content (AvgIpc) is 2.37. The minimum atomic E-state index is -0.00453. The molecule has 100 valence electrons. The van der Waals surface area contributed by atoms with Crippen LogP contribution in [0.1, 0.15) is 25.1 Å². The van der Waals surface area contributed by atoms with Crippen LogP contribution in [0.25, 0.3) is 0 Å². The standard InChI is InChI=1S/C12H20N4O2/c1-9(2)16(5-6-17)8-10-3-4-14-11(7-10)12(13)15-18/h3-4,7,9,17-18H,5-6,8H2,1-2H3,(H2,13,15). The number of nitrogens with zero attached hydrogens (tertiary/aromatic N) is 3. The van der Waals surface area contributed by atoms with Crippen molar-refractivity contribution in [1.82, 2.24) is 9.88 Å². The van der Waals surface area contributed by atoms with Crippen LogP contribution in [-0.4, -0.2) is 45.2 Å².